The van der Waals surface area contributed by atoms with E-state index in [1.807, 2.05) is 19.2 Å². The molecule has 4 heterocycles. The predicted molar refractivity (Wildman–Crippen MR) is 145 cm³/mol. The highest BCUT2D eigenvalue weighted by atomic mass is 35.5. The lowest BCUT2D eigenvalue weighted by Gasteiger charge is -2.23. The first-order valence-electron chi connectivity index (χ1n) is 11.0. The second-order valence-electron chi connectivity index (χ2n) is 8.21. The summed E-state index contributed by atoms with van der Waals surface area (Å²) in [6.45, 7) is 5.21. The molecule has 7 nitrogen and oxygen atoms in total. The van der Waals surface area contributed by atoms with E-state index in [-0.39, 0.29) is 37.2 Å². The summed E-state index contributed by atoms with van der Waals surface area (Å²) in [6, 6.07) is 8.45. The number of H-pyrrole nitrogens is 1. The van der Waals surface area contributed by atoms with Crippen LogP contribution in [0.5, 0.6) is 0 Å². The van der Waals surface area contributed by atoms with Gasteiger partial charge in [0.05, 0.1) is 11.0 Å². The summed E-state index contributed by atoms with van der Waals surface area (Å²) in [5.74, 6) is 1.87. The van der Waals surface area contributed by atoms with Gasteiger partial charge < -0.3 is 20.8 Å². The monoisotopic (exact) mass is 524 g/mol. The van der Waals surface area contributed by atoms with Crippen molar-refractivity contribution in [3.05, 3.63) is 48.0 Å². The summed E-state index contributed by atoms with van der Waals surface area (Å²) in [5.41, 5.74) is 12.4. The van der Waals surface area contributed by atoms with Gasteiger partial charge in [-0.15, -0.1) is 37.2 Å². The molecule has 0 amide bonds. The molecule has 0 spiro atoms. The van der Waals surface area contributed by atoms with Gasteiger partial charge in [-0.05, 0) is 68.5 Å². The third-order valence-corrected chi connectivity index (χ3v) is 6.09. The number of aromatic nitrogens is 4. The minimum absolute atomic E-state index is 0. The van der Waals surface area contributed by atoms with E-state index < -0.39 is 0 Å². The summed E-state index contributed by atoms with van der Waals surface area (Å²) < 4.78 is 5.56. The van der Waals surface area contributed by atoms with Crippen LogP contribution in [0.25, 0.3) is 33.1 Å². The summed E-state index contributed by atoms with van der Waals surface area (Å²) in [7, 11) is 0. The van der Waals surface area contributed by atoms with Gasteiger partial charge in [0.1, 0.15) is 17.9 Å². The normalized spacial score (nSPS) is 13.8. The molecule has 1 saturated heterocycles. The number of imidazole rings is 1. The number of nitrogens with zero attached hydrogens (tertiary/aromatic N) is 3. The number of pyridine rings is 2. The maximum Gasteiger partial charge on any atom is 0.152 e. The van der Waals surface area contributed by atoms with E-state index in [1.165, 1.54) is 18.4 Å². The number of rotatable bonds is 6. The van der Waals surface area contributed by atoms with Gasteiger partial charge in [-0.25, -0.2) is 9.97 Å². The van der Waals surface area contributed by atoms with Gasteiger partial charge in [-0.2, -0.15) is 0 Å². The zero-order chi connectivity index (χ0) is 21.2. The third kappa shape index (κ3) is 5.73. The number of anilines is 1. The van der Waals surface area contributed by atoms with Crippen LogP contribution in [0.1, 0.15) is 31.2 Å². The Morgan fingerprint density at radius 3 is 2.59 bits per heavy atom. The van der Waals surface area contributed by atoms with Crippen LogP contribution in [0.2, 0.25) is 0 Å². The van der Waals surface area contributed by atoms with Crippen molar-refractivity contribution in [2.75, 3.05) is 25.4 Å². The first kappa shape index (κ1) is 28.1. The van der Waals surface area contributed by atoms with Gasteiger partial charge in [0.25, 0.3) is 0 Å². The molecule has 1 aliphatic rings. The van der Waals surface area contributed by atoms with Crippen LogP contribution in [-0.4, -0.2) is 39.6 Å². The lowest BCUT2D eigenvalue weighted by molar-refractivity contribution is 0.129. The first-order valence-corrected chi connectivity index (χ1v) is 11.0. The molecule has 0 bridgehead atoms. The highest BCUT2D eigenvalue weighted by molar-refractivity contribution is 6.08. The zero-order valence-electron chi connectivity index (χ0n) is 19.0. The average molecular weight is 526 g/mol. The Balaban J connectivity index is 0.00000136. The molecular formula is C24H31Cl3N6O. The van der Waals surface area contributed by atoms with Crippen molar-refractivity contribution in [2.45, 2.75) is 32.8 Å². The van der Waals surface area contributed by atoms with E-state index in [0.29, 0.717) is 24.9 Å². The molecule has 4 aromatic rings. The molecule has 0 unspecified atom stereocenters. The quantitative estimate of drug-likeness (QED) is 0.324. The van der Waals surface area contributed by atoms with Crippen LogP contribution in [0.3, 0.4) is 0 Å². The summed E-state index contributed by atoms with van der Waals surface area (Å²) in [6.07, 6.45) is 7.07. The fourth-order valence-corrected chi connectivity index (χ4v) is 4.56. The lowest BCUT2D eigenvalue weighted by Crippen LogP contribution is -2.28. The van der Waals surface area contributed by atoms with E-state index in [4.69, 9.17) is 15.5 Å². The van der Waals surface area contributed by atoms with Crippen LogP contribution in [-0.2, 0) is 17.8 Å². The van der Waals surface area contributed by atoms with E-state index in [1.54, 1.807) is 6.20 Å². The largest absolute Gasteiger partial charge is 0.382 e. The van der Waals surface area contributed by atoms with Crippen molar-refractivity contribution >= 4 is 65.0 Å². The van der Waals surface area contributed by atoms with Crippen molar-refractivity contribution in [1.29, 1.82) is 0 Å². The number of hydrogen-bond acceptors (Lipinski definition) is 6. The Morgan fingerprint density at radius 1 is 1.09 bits per heavy atom. The number of nitrogens with two attached hydrogens (primary N) is 1. The maximum absolute atomic E-state index is 6.33. The molecule has 184 valence electrons. The molecule has 0 aliphatic carbocycles. The lowest BCUT2D eigenvalue weighted by atomic mass is 9.88. The van der Waals surface area contributed by atoms with Gasteiger partial charge in [-0.1, -0.05) is 12.1 Å². The van der Waals surface area contributed by atoms with Crippen LogP contribution < -0.4 is 11.1 Å². The Labute approximate surface area is 217 Å². The number of aromatic amines is 1. The Morgan fingerprint density at radius 2 is 1.88 bits per heavy atom. The number of ether oxygens (including phenoxy) is 1. The second kappa shape index (κ2) is 12.5. The molecule has 1 fully saturated rings. The van der Waals surface area contributed by atoms with Gasteiger partial charge >= 0.3 is 0 Å². The highest BCUT2D eigenvalue weighted by Gasteiger charge is 2.20. The maximum atomic E-state index is 6.33. The molecule has 1 aromatic carbocycles. The minimum Gasteiger partial charge on any atom is -0.382 e. The van der Waals surface area contributed by atoms with Crippen LogP contribution >= 0.6 is 37.2 Å². The SMILES string of the molecule is CCOCc1nc2c(N)nc3cc(-c4cccnc4)cc(CC4CCNCC4)c3c2[nH]1.Cl.Cl.Cl. The predicted octanol–water partition coefficient (Wildman–Crippen LogP) is 5.10. The highest BCUT2D eigenvalue weighted by Crippen LogP contribution is 2.35. The van der Waals surface area contributed by atoms with Gasteiger partial charge in [0, 0.05) is 30.0 Å². The molecule has 0 saturated carbocycles. The van der Waals surface area contributed by atoms with Crippen LogP contribution in [0.4, 0.5) is 5.82 Å². The minimum atomic E-state index is 0. The van der Waals surface area contributed by atoms with Crippen molar-refractivity contribution in [3.8, 4) is 11.1 Å². The third-order valence-electron chi connectivity index (χ3n) is 6.09. The van der Waals surface area contributed by atoms with Crippen molar-refractivity contribution < 1.29 is 4.74 Å². The van der Waals surface area contributed by atoms with Crippen molar-refractivity contribution in [3.63, 3.8) is 0 Å². The summed E-state index contributed by atoms with van der Waals surface area (Å²) >= 11 is 0. The molecule has 1 aliphatic heterocycles. The van der Waals surface area contributed by atoms with E-state index in [0.717, 1.165) is 58.4 Å². The topological polar surface area (TPSA) is 102 Å². The van der Waals surface area contributed by atoms with Crippen molar-refractivity contribution in [1.82, 2.24) is 25.3 Å². The van der Waals surface area contributed by atoms with Gasteiger partial charge in [0.2, 0.25) is 0 Å². The number of halogens is 3. The van der Waals surface area contributed by atoms with E-state index in [9.17, 15) is 0 Å². The molecule has 34 heavy (non-hydrogen) atoms. The first-order chi connectivity index (χ1) is 15.2. The Kier molecular flexibility index (Phi) is 10.3. The molecule has 10 heteroatoms. The zero-order valence-corrected chi connectivity index (χ0v) is 21.5. The van der Waals surface area contributed by atoms with Crippen LogP contribution in [0.15, 0.2) is 36.7 Å². The smallest absolute Gasteiger partial charge is 0.152 e. The number of nitrogens with one attached hydrogen (secondary N) is 2. The molecule has 0 atom stereocenters. The number of nitrogen functional groups attached to an aromatic ring is 1. The molecule has 5 rings (SSSR count). The molecular weight excluding hydrogens is 495 g/mol. The average Bonchev–Trinajstić information content (AvgIpc) is 3.23. The number of benzene rings is 1. The number of hydrogen-bond donors (Lipinski definition) is 3. The Hall–Kier alpha value is -2.16. The number of fused-ring (bicyclic) bond motifs is 3. The van der Waals surface area contributed by atoms with Gasteiger partial charge in [0.15, 0.2) is 5.82 Å². The Bertz CT molecular complexity index is 1210. The van der Waals surface area contributed by atoms with Crippen LogP contribution in [0, 0.1) is 5.92 Å². The molecule has 3 aromatic heterocycles. The fourth-order valence-electron chi connectivity index (χ4n) is 4.56. The number of piperidine rings is 1. The summed E-state index contributed by atoms with van der Waals surface area (Å²) in [4.78, 5) is 17.2. The second-order valence-corrected chi connectivity index (χ2v) is 8.21. The summed E-state index contributed by atoms with van der Waals surface area (Å²) in [5, 5.41) is 4.58. The van der Waals surface area contributed by atoms with Gasteiger partial charge in [-0.3, -0.25) is 4.98 Å². The molecule has 0 radical (unpaired) electrons. The standard InChI is InChI=1S/C24H28N6O.3ClH/c1-2-31-14-20-29-22-21-18(10-15-5-8-26-9-6-15)11-17(16-4-3-7-27-13-16)12-19(21)28-24(25)23(22)30-20;;;/h3-4,7,11-13,15,26H,2,5-6,8-10,14H2,1H3,(H2,25,28)(H,29,30);3*1H. The molecule has 4 N–H and O–H groups in total. The van der Waals surface area contributed by atoms with E-state index >= 15 is 0 Å². The van der Waals surface area contributed by atoms with E-state index in [2.05, 4.69) is 38.5 Å². The van der Waals surface area contributed by atoms with Crippen molar-refractivity contribution in [2.24, 2.45) is 5.92 Å². The fraction of sp³-hybridized carbons (Fsp3) is 0.375.